The van der Waals surface area contributed by atoms with Crippen molar-refractivity contribution < 1.29 is 9.21 Å². The second-order valence-electron chi connectivity index (χ2n) is 4.20. The molecule has 4 nitrogen and oxygen atoms in total. The molecule has 2 aromatic heterocycles. The maximum Gasteiger partial charge on any atom is 0.200 e. The Morgan fingerprint density at radius 1 is 1.33 bits per heavy atom. The molecule has 3 aromatic rings. The number of hydrogen-bond donors (Lipinski definition) is 1. The third-order valence-electron chi connectivity index (χ3n) is 3.18. The fraction of sp³-hybridized carbons (Fsp3) is 0.0714. The summed E-state index contributed by atoms with van der Waals surface area (Å²) in [6.07, 6.45) is 2.14. The number of aldehydes is 1. The van der Waals surface area contributed by atoms with Gasteiger partial charge in [0.1, 0.15) is 6.26 Å². The van der Waals surface area contributed by atoms with Gasteiger partial charge in [-0.05, 0) is 12.1 Å². The molecule has 0 saturated carbocycles. The summed E-state index contributed by atoms with van der Waals surface area (Å²) in [5.74, 6) is 0.267. The lowest BCUT2D eigenvalue weighted by Crippen LogP contribution is -1.95. The van der Waals surface area contributed by atoms with E-state index in [4.69, 9.17) is 10.2 Å². The van der Waals surface area contributed by atoms with Gasteiger partial charge in [-0.15, -0.1) is 0 Å². The van der Waals surface area contributed by atoms with E-state index in [9.17, 15) is 4.79 Å². The molecule has 90 valence electrons. The highest BCUT2D eigenvalue weighted by atomic mass is 16.3. The van der Waals surface area contributed by atoms with Crippen molar-refractivity contribution in [1.82, 2.24) is 4.57 Å². The van der Waals surface area contributed by atoms with Gasteiger partial charge < -0.3 is 14.7 Å². The number of carbonyl (C=O) groups is 1. The Balaban J connectivity index is 2.35. The molecule has 0 aliphatic carbocycles. The van der Waals surface area contributed by atoms with Gasteiger partial charge in [0.25, 0.3) is 0 Å². The normalized spacial score (nSPS) is 10.9. The predicted molar refractivity (Wildman–Crippen MR) is 70.4 cm³/mol. The van der Waals surface area contributed by atoms with Crippen LogP contribution in [-0.4, -0.2) is 10.9 Å². The van der Waals surface area contributed by atoms with Crippen LogP contribution in [0.5, 0.6) is 0 Å². The number of benzene rings is 1. The number of rotatable bonds is 2. The Morgan fingerprint density at radius 2 is 2.11 bits per heavy atom. The van der Waals surface area contributed by atoms with Crippen molar-refractivity contribution in [2.75, 3.05) is 5.73 Å². The molecule has 1 aromatic carbocycles. The number of nitrogen functional groups attached to an aromatic ring is 1. The van der Waals surface area contributed by atoms with Crippen molar-refractivity contribution in [3.8, 4) is 11.3 Å². The van der Waals surface area contributed by atoms with E-state index < -0.39 is 0 Å². The minimum atomic E-state index is 0.267. The average molecular weight is 240 g/mol. The Labute approximate surface area is 104 Å². The third kappa shape index (κ3) is 1.35. The maximum absolute atomic E-state index is 11.0. The number of furan rings is 1. The fourth-order valence-electron chi connectivity index (χ4n) is 2.28. The molecule has 0 atom stereocenters. The van der Waals surface area contributed by atoms with Crippen LogP contribution in [0.1, 0.15) is 10.4 Å². The zero-order chi connectivity index (χ0) is 12.7. The second-order valence-corrected chi connectivity index (χ2v) is 4.20. The molecule has 0 spiro atoms. The fourth-order valence-corrected chi connectivity index (χ4v) is 2.28. The highest BCUT2D eigenvalue weighted by molar-refractivity contribution is 5.95. The highest BCUT2D eigenvalue weighted by Crippen LogP contribution is 2.34. The molecule has 0 amide bonds. The van der Waals surface area contributed by atoms with Gasteiger partial charge in [-0.25, -0.2) is 0 Å². The number of aromatic nitrogens is 1. The van der Waals surface area contributed by atoms with Crippen LogP contribution in [-0.2, 0) is 7.05 Å². The van der Waals surface area contributed by atoms with Gasteiger partial charge in [-0.3, -0.25) is 4.79 Å². The molecule has 4 heteroatoms. The standard InChI is InChI=1S/C14H12N2O2/c1-16-11-5-3-2-4-9(11)6-12(16)13-10(7-17)8-18-14(13)15/h2-8H,15H2,1H3. The lowest BCUT2D eigenvalue weighted by molar-refractivity contribution is 0.112. The van der Waals surface area contributed by atoms with Crippen molar-refractivity contribution in [3.63, 3.8) is 0 Å². The van der Waals surface area contributed by atoms with E-state index in [1.165, 1.54) is 6.26 Å². The second kappa shape index (κ2) is 3.77. The summed E-state index contributed by atoms with van der Waals surface area (Å²) in [7, 11) is 1.94. The van der Waals surface area contributed by atoms with Gasteiger partial charge >= 0.3 is 0 Å². The zero-order valence-electron chi connectivity index (χ0n) is 9.88. The van der Waals surface area contributed by atoms with E-state index in [0.29, 0.717) is 11.1 Å². The molecule has 0 saturated heterocycles. The Hall–Kier alpha value is -2.49. The van der Waals surface area contributed by atoms with Gasteiger partial charge in [-0.2, -0.15) is 0 Å². The van der Waals surface area contributed by atoms with Crippen LogP contribution in [0, 0.1) is 0 Å². The zero-order valence-corrected chi connectivity index (χ0v) is 9.88. The van der Waals surface area contributed by atoms with Gasteiger partial charge in [0.2, 0.25) is 0 Å². The molecule has 3 rings (SSSR count). The van der Waals surface area contributed by atoms with Crippen molar-refractivity contribution in [2.24, 2.45) is 7.05 Å². The number of aryl methyl sites for hydroxylation is 1. The number of fused-ring (bicyclic) bond motifs is 1. The van der Waals surface area contributed by atoms with Gasteiger partial charge in [0, 0.05) is 18.0 Å². The lowest BCUT2D eigenvalue weighted by atomic mass is 10.1. The summed E-state index contributed by atoms with van der Waals surface area (Å²) < 4.78 is 7.13. The van der Waals surface area contributed by atoms with Crippen LogP contribution >= 0.6 is 0 Å². The van der Waals surface area contributed by atoms with Crippen LogP contribution in [0.4, 0.5) is 5.88 Å². The molecule has 0 aliphatic rings. The number of anilines is 1. The Morgan fingerprint density at radius 3 is 2.83 bits per heavy atom. The molecule has 2 heterocycles. The first-order chi connectivity index (χ1) is 8.72. The van der Waals surface area contributed by atoms with E-state index in [0.717, 1.165) is 22.9 Å². The number of carbonyl (C=O) groups excluding carboxylic acids is 1. The van der Waals surface area contributed by atoms with Crippen molar-refractivity contribution in [1.29, 1.82) is 0 Å². The van der Waals surface area contributed by atoms with E-state index >= 15 is 0 Å². The average Bonchev–Trinajstić information content (AvgIpc) is 2.91. The first-order valence-electron chi connectivity index (χ1n) is 5.59. The number of hydrogen-bond acceptors (Lipinski definition) is 3. The van der Waals surface area contributed by atoms with E-state index in [1.807, 2.05) is 41.9 Å². The molecule has 2 N–H and O–H groups in total. The first-order valence-corrected chi connectivity index (χ1v) is 5.59. The SMILES string of the molecule is Cn1c(-c2c(C=O)coc2N)cc2ccccc21. The molecule has 0 aliphatic heterocycles. The Bertz CT molecular complexity index is 737. The van der Waals surface area contributed by atoms with Crippen LogP contribution in [0.3, 0.4) is 0 Å². The van der Waals surface area contributed by atoms with Crippen molar-refractivity contribution in [2.45, 2.75) is 0 Å². The Kier molecular flexibility index (Phi) is 2.23. The topological polar surface area (TPSA) is 61.2 Å². The monoisotopic (exact) mass is 240 g/mol. The summed E-state index contributed by atoms with van der Waals surface area (Å²) in [6, 6.07) is 10.0. The molecule has 0 unspecified atom stereocenters. The molecular formula is C14H12N2O2. The van der Waals surface area contributed by atoms with E-state index in [-0.39, 0.29) is 5.88 Å². The highest BCUT2D eigenvalue weighted by Gasteiger charge is 2.17. The molecule has 0 bridgehead atoms. The van der Waals surface area contributed by atoms with Gasteiger partial charge in [0.05, 0.1) is 16.8 Å². The number of nitrogens with zero attached hydrogens (tertiary/aromatic N) is 1. The number of para-hydroxylation sites is 1. The van der Waals surface area contributed by atoms with E-state index in [1.54, 1.807) is 0 Å². The summed E-state index contributed by atoms with van der Waals surface area (Å²) in [5.41, 5.74) is 8.89. The first kappa shape index (κ1) is 10.7. The molecule has 0 radical (unpaired) electrons. The summed E-state index contributed by atoms with van der Waals surface area (Å²) in [5, 5.41) is 1.10. The predicted octanol–water partition coefficient (Wildman–Crippen LogP) is 2.83. The smallest absolute Gasteiger partial charge is 0.200 e. The van der Waals surface area contributed by atoms with Gasteiger partial charge in [0.15, 0.2) is 12.2 Å². The summed E-state index contributed by atoms with van der Waals surface area (Å²) in [4.78, 5) is 11.0. The number of nitrogens with two attached hydrogens (primary N) is 1. The summed E-state index contributed by atoms with van der Waals surface area (Å²) in [6.45, 7) is 0. The molecule has 0 fully saturated rings. The minimum absolute atomic E-state index is 0.267. The van der Waals surface area contributed by atoms with Crippen LogP contribution in [0.2, 0.25) is 0 Å². The lowest BCUT2D eigenvalue weighted by Gasteiger charge is -2.03. The molecular weight excluding hydrogens is 228 g/mol. The quantitative estimate of drug-likeness (QED) is 0.700. The van der Waals surface area contributed by atoms with Crippen molar-refractivity contribution >= 4 is 23.1 Å². The van der Waals surface area contributed by atoms with Gasteiger partial charge in [-0.1, -0.05) is 18.2 Å². The maximum atomic E-state index is 11.0. The third-order valence-corrected chi connectivity index (χ3v) is 3.18. The summed E-state index contributed by atoms with van der Waals surface area (Å²) >= 11 is 0. The van der Waals surface area contributed by atoms with Crippen LogP contribution in [0.25, 0.3) is 22.2 Å². The van der Waals surface area contributed by atoms with E-state index in [2.05, 4.69) is 0 Å². The van der Waals surface area contributed by atoms with Crippen LogP contribution in [0.15, 0.2) is 41.0 Å². The largest absolute Gasteiger partial charge is 0.448 e. The minimum Gasteiger partial charge on any atom is -0.448 e. The van der Waals surface area contributed by atoms with Crippen molar-refractivity contribution in [3.05, 3.63) is 42.2 Å². The van der Waals surface area contributed by atoms with Crippen LogP contribution < -0.4 is 5.73 Å². The molecule has 18 heavy (non-hydrogen) atoms.